The Labute approximate surface area is 177 Å². The number of anilines is 1. The van der Waals surface area contributed by atoms with E-state index >= 15 is 0 Å². The van der Waals surface area contributed by atoms with Crippen LogP contribution in [0.3, 0.4) is 0 Å². The number of carbonyl (C=O) groups is 1. The molecule has 1 N–H and O–H groups in total. The van der Waals surface area contributed by atoms with Gasteiger partial charge in [0.2, 0.25) is 0 Å². The van der Waals surface area contributed by atoms with Crippen molar-refractivity contribution in [2.45, 2.75) is 27.3 Å². The first kappa shape index (κ1) is 21.4. The summed E-state index contributed by atoms with van der Waals surface area (Å²) in [5.74, 6) is -0.781. The van der Waals surface area contributed by atoms with Crippen LogP contribution in [0.1, 0.15) is 34.0 Å². The maximum Gasteiger partial charge on any atom is 0.341 e. The molecule has 0 aliphatic rings. The molecule has 0 bridgehead atoms. The van der Waals surface area contributed by atoms with Crippen LogP contribution in [0.2, 0.25) is 0 Å². The zero-order valence-electron chi connectivity index (χ0n) is 16.8. The Morgan fingerprint density at radius 1 is 1.20 bits per heavy atom. The number of carbonyl (C=O) groups excluding carboxylic acids is 1. The number of hydrogen-bond acceptors (Lipinski definition) is 6. The number of aryl methyl sites for hydroxylation is 1. The minimum Gasteiger partial charge on any atom is -0.462 e. The molecule has 156 valence electrons. The number of nitro groups is 1. The van der Waals surface area contributed by atoms with Crippen LogP contribution in [0.25, 0.3) is 10.4 Å². The van der Waals surface area contributed by atoms with Gasteiger partial charge in [0.25, 0.3) is 5.69 Å². The predicted molar refractivity (Wildman–Crippen MR) is 116 cm³/mol. The van der Waals surface area contributed by atoms with Crippen molar-refractivity contribution < 1.29 is 18.8 Å². The van der Waals surface area contributed by atoms with Crippen LogP contribution in [0.4, 0.5) is 15.1 Å². The van der Waals surface area contributed by atoms with Crippen molar-refractivity contribution >= 4 is 28.0 Å². The highest BCUT2D eigenvalue weighted by Gasteiger charge is 2.23. The summed E-state index contributed by atoms with van der Waals surface area (Å²) in [7, 11) is 0. The van der Waals surface area contributed by atoms with E-state index in [0.717, 1.165) is 16.0 Å². The Hall–Kier alpha value is -3.26. The van der Waals surface area contributed by atoms with Crippen LogP contribution in [-0.2, 0) is 11.3 Å². The molecule has 1 aromatic heterocycles. The van der Waals surface area contributed by atoms with Gasteiger partial charge in [0.1, 0.15) is 10.8 Å². The smallest absolute Gasteiger partial charge is 0.341 e. The lowest BCUT2D eigenvalue weighted by Gasteiger charge is -2.10. The van der Waals surface area contributed by atoms with Crippen LogP contribution in [0.15, 0.2) is 42.5 Å². The first-order valence-electron chi connectivity index (χ1n) is 9.36. The van der Waals surface area contributed by atoms with Crippen LogP contribution in [0, 0.1) is 29.8 Å². The Bertz CT molecular complexity index is 1070. The molecule has 0 spiro atoms. The third kappa shape index (κ3) is 4.33. The molecule has 0 atom stereocenters. The third-order valence-corrected chi connectivity index (χ3v) is 6.04. The number of hydrogen-bond donors (Lipinski definition) is 1. The van der Waals surface area contributed by atoms with Gasteiger partial charge in [-0.25, -0.2) is 9.18 Å². The average Bonchev–Trinajstić information content (AvgIpc) is 3.04. The molecule has 8 heteroatoms. The molecule has 0 aliphatic heterocycles. The number of nitrogens with one attached hydrogen (secondary N) is 1. The minimum absolute atomic E-state index is 0.00745. The monoisotopic (exact) mass is 428 g/mol. The zero-order valence-corrected chi connectivity index (χ0v) is 17.6. The molecule has 1 heterocycles. The van der Waals surface area contributed by atoms with Crippen molar-refractivity contribution in [2.75, 3.05) is 11.9 Å². The molecule has 0 unspecified atom stereocenters. The number of esters is 1. The van der Waals surface area contributed by atoms with Gasteiger partial charge in [0, 0.05) is 29.1 Å². The van der Waals surface area contributed by atoms with E-state index < -0.39 is 10.9 Å². The van der Waals surface area contributed by atoms with Crippen molar-refractivity contribution in [3.63, 3.8) is 0 Å². The van der Waals surface area contributed by atoms with Gasteiger partial charge in [-0.1, -0.05) is 12.1 Å². The van der Waals surface area contributed by atoms with Crippen LogP contribution >= 0.6 is 11.3 Å². The second-order valence-corrected chi connectivity index (χ2v) is 7.69. The lowest BCUT2D eigenvalue weighted by Crippen LogP contribution is -2.10. The summed E-state index contributed by atoms with van der Waals surface area (Å²) in [5.41, 5.74) is 3.18. The Morgan fingerprint density at radius 2 is 1.90 bits per heavy atom. The highest BCUT2D eigenvalue weighted by molar-refractivity contribution is 7.20. The normalized spacial score (nSPS) is 10.7. The van der Waals surface area contributed by atoms with Crippen LogP contribution in [0.5, 0.6) is 0 Å². The lowest BCUT2D eigenvalue weighted by molar-refractivity contribution is -0.384. The number of rotatable bonds is 7. The standard InChI is InChI=1S/C22H21FN2O4S/c1-4-29-22(26)19-14(3)20(15-8-10-16(11-9-15)25(27)28)30-21(19)24-12-17-13(2)6-5-7-18(17)23/h5-11,24H,4,12H2,1-3H3. The number of thiophene rings is 1. The summed E-state index contributed by atoms with van der Waals surface area (Å²) in [4.78, 5) is 23.8. The van der Waals surface area contributed by atoms with Gasteiger partial charge in [-0.2, -0.15) is 0 Å². The van der Waals surface area contributed by atoms with E-state index in [-0.39, 0.29) is 24.7 Å². The van der Waals surface area contributed by atoms with E-state index in [9.17, 15) is 19.3 Å². The fourth-order valence-corrected chi connectivity index (χ4v) is 4.35. The molecule has 0 saturated carbocycles. The number of benzene rings is 2. The van der Waals surface area contributed by atoms with E-state index in [4.69, 9.17) is 4.74 Å². The minimum atomic E-state index is -0.466. The zero-order chi connectivity index (χ0) is 21.8. The van der Waals surface area contributed by atoms with Gasteiger partial charge in [-0.3, -0.25) is 10.1 Å². The highest BCUT2D eigenvalue weighted by Crippen LogP contribution is 2.41. The number of non-ortho nitro benzene ring substituents is 1. The summed E-state index contributed by atoms with van der Waals surface area (Å²) >= 11 is 1.33. The van der Waals surface area contributed by atoms with Crippen molar-refractivity contribution in [2.24, 2.45) is 0 Å². The van der Waals surface area contributed by atoms with Gasteiger partial charge in [-0.05, 0) is 55.7 Å². The maximum atomic E-state index is 14.2. The number of nitrogens with zero attached hydrogens (tertiary/aromatic N) is 1. The van der Waals surface area contributed by atoms with E-state index in [1.54, 1.807) is 32.0 Å². The van der Waals surface area contributed by atoms with Crippen LogP contribution in [-0.4, -0.2) is 17.5 Å². The highest BCUT2D eigenvalue weighted by atomic mass is 32.1. The second-order valence-electron chi connectivity index (χ2n) is 6.67. The molecule has 0 amide bonds. The van der Waals surface area contributed by atoms with Gasteiger partial charge in [-0.15, -0.1) is 11.3 Å². The second kappa shape index (κ2) is 9.04. The molecule has 0 saturated heterocycles. The number of nitro benzene ring substituents is 1. The van der Waals surface area contributed by atoms with Crippen LogP contribution < -0.4 is 5.32 Å². The predicted octanol–water partition coefficient (Wildman–Crippen LogP) is 5.87. The molecule has 6 nitrogen and oxygen atoms in total. The first-order chi connectivity index (χ1) is 14.3. The molecular weight excluding hydrogens is 407 g/mol. The molecule has 3 aromatic rings. The van der Waals surface area contributed by atoms with Gasteiger partial charge < -0.3 is 10.1 Å². The largest absolute Gasteiger partial charge is 0.462 e. The summed E-state index contributed by atoms with van der Waals surface area (Å²) in [6.07, 6.45) is 0. The number of halogens is 1. The fraction of sp³-hybridized carbons (Fsp3) is 0.227. The quantitative estimate of drug-likeness (QED) is 0.289. The van der Waals surface area contributed by atoms with E-state index in [1.807, 2.05) is 13.0 Å². The molecule has 0 aliphatic carbocycles. The average molecular weight is 428 g/mol. The molecule has 2 aromatic carbocycles. The Balaban J connectivity index is 2.00. The molecular formula is C22H21FN2O4S. The molecule has 0 radical (unpaired) electrons. The Kier molecular flexibility index (Phi) is 6.47. The summed E-state index contributed by atoms with van der Waals surface area (Å²) in [6.45, 7) is 5.80. The summed E-state index contributed by atoms with van der Waals surface area (Å²) < 4.78 is 19.4. The van der Waals surface area contributed by atoms with Crippen molar-refractivity contribution in [1.82, 2.24) is 0 Å². The van der Waals surface area contributed by atoms with Gasteiger partial charge in [0.05, 0.1) is 17.1 Å². The number of ether oxygens (including phenoxy) is 1. The maximum absolute atomic E-state index is 14.2. The SMILES string of the molecule is CCOC(=O)c1c(NCc2c(C)cccc2F)sc(-c2ccc([N+](=O)[O-])cc2)c1C. The topological polar surface area (TPSA) is 81.5 Å². The lowest BCUT2D eigenvalue weighted by atomic mass is 10.1. The summed E-state index contributed by atoms with van der Waals surface area (Å²) in [6, 6.07) is 11.0. The van der Waals surface area contributed by atoms with E-state index in [1.165, 1.54) is 29.5 Å². The molecule has 0 fully saturated rings. The van der Waals surface area contributed by atoms with E-state index in [2.05, 4.69) is 5.32 Å². The van der Waals surface area contributed by atoms with Crippen molar-refractivity contribution in [3.05, 3.63) is 80.6 Å². The van der Waals surface area contributed by atoms with Gasteiger partial charge >= 0.3 is 5.97 Å². The fourth-order valence-electron chi connectivity index (χ4n) is 3.16. The van der Waals surface area contributed by atoms with E-state index in [0.29, 0.717) is 21.7 Å². The van der Waals surface area contributed by atoms with Gasteiger partial charge in [0.15, 0.2) is 0 Å². The van der Waals surface area contributed by atoms with Crippen molar-refractivity contribution in [1.29, 1.82) is 0 Å². The first-order valence-corrected chi connectivity index (χ1v) is 10.2. The molecule has 30 heavy (non-hydrogen) atoms. The summed E-state index contributed by atoms with van der Waals surface area (Å²) in [5, 5.41) is 14.7. The van der Waals surface area contributed by atoms with Crippen molar-refractivity contribution in [3.8, 4) is 10.4 Å². The molecule has 3 rings (SSSR count). The Morgan fingerprint density at radius 3 is 2.50 bits per heavy atom. The third-order valence-electron chi connectivity index (χ3n) is 4.75.